The molecule has 2 aromatic heterocycles. The molecular weight excluding hydrogens is 306 g/mol. The average molecular weight is 316 g/mol. The zero-order valence-electron chi connectivity index (χ0n) is 11.1. The molecule has 3 rings (SSSR count). The van der Waals surface area contributed by atoms with Gasteiger partial charge in [0, 0.05) is 4.88 Å². The molecule has 0 aliphatic heterocycles. The first-order chi connectivity index (χ1) is 10.2. The molecule has 0 atom stereocenters. The van der Waals surface area contributed by atoms with Crippen LogP contribution in [0, 0.1) is 11.3 Å². The van der Waals surface area contributed by atoms with Crippen molar-refractivity contribution in [2.45, 2.75) is 13.3 Å². The van der Waals surface area contributed by atoms with Crippen molar-refractivity contribution in [2.75, 3.05) is 0 Å². The topological polar surface area (TPSA) is 58.8 Å². The van der Waals surface area contributed by atoms with Crippen LogP contribution >= 0.6 is 22.9 Å². The Kier molecular flexibility index (Phi) is 3.74. The second kappa shape index (κ2) is 5.68. The van der Waals surface area contributed by atoms with Gasteiger partial charge in [0.1, 0.15) is 16.9 Å². The van der Waals surface area contributed by atoms with Gasteiger partial charge >= 0.3 is 0 Å². The molecule has 0 aliphatic rings. The zero-order valence-corrected chi connectivity index (χ0v) is 12.7. The third-order valence-corrected chi connectivity index (χ3v) is 4.44. The van der Waals surface area contributed by atoms with Gasteiger partial charge in [0.05, 0.1) is 22.0 Å². The van der Waals surface area contributed by atoms with Crippen molar-refractivity contribution in [2.24, 2.45) is 0 Å². The fourth-order valence-corrected chi connectivity index (χ4v) is 3.04. The maximum atomic E-state index is 8.85. The van der Waals surface area contributed by atoms with Gasteiger partial charge in [-0.1, -0.05) is 18.5 Å². The predicted octanol–water partition coefficient (Wildman–Crippen LogP) is 4.57. The van der Waals surface area contributed by atoms with Gasteiger partial charge in [-0.05, 0) is 30.7 Å². The van der Waals surface area contributed by atoms with Crippen LogP contribution in [-0.4, -0.2) is 9.97 Å². The summed E-state index contributed by atoms with van der Waals surface area (Å²) in [6, 6.07) is 8.97. The van der Waals surface area contributed by atoms with Crippen LogP contribution in [0.3, 0.4) is 0 Å². The van der Waals surface area contributed by atoms with E-state index in [0.717, 1.165) is 16.6 Å². The van der Waals surface area contributed by atoms with Gasteiger partial charge in [-0.15, -0.1) is 11.3 Å². The Morgan fingerprint density at radius 3 is 2.90 bits per heavy atom. The van der Waals surface area contributed by atoms with Crippen molar-refractivity contribution in [3.63, 3.8) is 0 Å². The maximum absolute atomic E-state index is 8.85. The number of hydrogen-bond donors (Lipinski definition) is 0. The smallest absolute Gasteiger partial charge is 0.231 e. The molecule has 3 aromatic rings. The monoisotopic (exact) mass is 315 g/mol. The Labute approximate surface area is 130 Å². The van der Waals surface area contributed by atoms with Crippen LogP contribution in [0.4, 0.5) is 0 Å². The number of benzene rings is 1. The number of nitrogens with zero attached hydrogens (tertiary/aromatic N) is 3. The second-order valence-corrected chi connectivity index (χ2v) is 5.85. The Bertz CT molecular complexity index is 854. The summed E-state index contributed by atoms with van der Waals surface area (Å²) >= 11 is 7.75. The lowest BCUT2D eigenvalue weighted by atomic mass is 10.2. The zero-order chi connectivity index (χ0) is 14.8. The van der Waals surface area contributed by atoms with E-state index in [1.807, 2.05) is 12.1 Å². The molecule has 0 aliphatic carbocycles. The number of rotatable bonds is 3. The van der Waals surface area contributed by atoms with Crippen molar-refractivity contribution in [1.82, 2.24) is 9.97 Å². The van der Waals surface area contributed by atoms with Gasteiger partial charge in [-0.3, -0.25) is 0 Å². The second-order valence-electron chi connectivity index (χ2n) is 4.32. The quantitative estimate of drug-likeness (QED) is 0.710. The van der Waals surface area contributed by atoms with E-state index in [2.05, 4.69) is 16.9 Å². The number of halogens is 1. The fourth-order valence-electron chi connectivity index (χ4n) is 1.90. The number of aryl methyl sites for hydroxylation is 1. The summed E-state index contributed by atoms with van der Waals surface area (Å²) < 4.78 is 5.79. The van der Waals surface area contributed by atoms with Gasteiger partial charge in [-0.2, -0.15) is 5.26 Å². The normalized spacial score (nSPS) is 10.5. The largest absolute Gasteiger partial charge is 0.437 e. The molecule has 1 aromatic carbocycles. The first-order valence-electron chi connectivity index (χ1n) is 6.32. The average Bonchev–Trinajstić information content (AvgIpc) is 2.93. The molecule has 2 heterocycles. The van der Waals surface area contributed by atoms with E-state index in [4.69, 9.17) is 21.6 Å². The molecule has 0 spiro atoms. The van der Waals surface area contributed by atoms with Crippen LogP contribution in [0.15, 0.2) is 30.6 Å². The van der Waals surface area contributed by atoms with E-state index < -0.39 is 0 Å². The van der Waals surface area contributed by atoms with Crippen molar-refractivity contribution in [3.05, 3.63) is 46.1 Å². The molecule has 0 N–H and O–H groups in total. The number of nitriles is 1. The molecule has 0 amide bonds. The maximum Gasteiger partial charge on any atom is 0.231 e. The molecule has 6 heteroatoms. The lowest BCUT2D eigenvalue weighted by molar-refractivity contribution is 0.468. The minimum absolute atomic E-state index is 0.381. The molecule has 0 saturated carbocycles. The predicted molar refractivity (Wildman–Crippen MR) is 83.0 cm³/mol. The highest BCUT2D eigenvalue weighted by Gasteiger charge is 2.12. The summed E-state index contributed by atoms with van der Waals surface area (Å²) in [6.45, 7) is 2.09. The van der Waals surface area contributed by atoms with E-state index in [0.29, 0.717) is 22.2 Å². The Morgan fingerprint density at radius 1 is 1.33 bits per heavy atom. The van der Waals surface area contributed by atoms with Gasteiger partial charge < -0.3 is 4.74 Å². The number of aromatic nitrogens is 2. The van der Waals surface area contributed by atoms with Crippen molar-refractivity contribution in [1.29, 1.82) is 5.26 Å². The molecule has 0 fully saturated rings. The van der Waals surface area contributed by atoms with Crippen molar-refractivity contribution >= 4 is 33.2 Å². The SMILES string of the molecule is CCc1cc2c(Oc3ccc(C#N)cc3Cl)ncnc2s1. The molecule has 0 unspecified atom stereocenters. The Hall–Kier alpha value is -2.16. The van der Waals surface area contributed by atoms with Crippen molar-refractivity contribution < 1.29 is 4.74 Å². The number of ether oxygens (including phenoxy) is 1. The molecule has 104 valence electrons. The molecule has 4 nitrogen and oxygen atoms in total. The van der Waals surface area contributed by atoms with Gasteiger partial charge in [0.2, 0.25) is 5.88 Å². The summed E-state index contributed by atoms with van der Waals surface area (Å²) in [4.78, 5) is 10.6. The highest BCUT2D eigenvalue weighted by molar-refractivity contribution is 7.18. The van der Waals surface area contributed by atoms with Crippen molar-refractivity contribution in [3.8, 4) is 17.7 Å². The van der Waals surface area contributed by atoms with Gasteiger partial charge in [0.15, 0.2) is 0 Å². The number of fused-ring (bicyclic) bond motifs is 1. The molecule has 0 bridgehead atoms. The highest BCUT2D eigenvalue weighted by Crippen LogP contribution is 2.35. The summed E-state index contributed by atoms with van der Waals surface area (Å²) in [5.74, 6) is 0.947. The fraction of sp³-hybridized carbons (Fsp3) is 0.133. The van der Waals surface area contributed by atoms with Crippen LogP contribution in [0.25, 0.3) is 10.2 Å². The first-order valence-corrected chi connectivity index (χ1v) is 7.51. The Balaban J connectivity index is 2.02. The lowest BCUT2D eigenvalue weighted by Gasteiger charge is -2.07. The lowest BCUT2D eigenvalue weighted by Crippen LogP contribution is -1.90. The van der Waals surface area contributed by atoms with E-state index in [9.17, 15) is 0 Å². The third kappa shape index (κ3) is 2.68. The summed E-state index contributed by atoms with van der Waals surface area (Å²) in [5.41, 5.74) is 0.490. The highest BCUT2D eigenvalue weighted by atomic mass is 35.5. The van der Waals surface area contributed by atoms with E-state index >= 15 is 0 Å². The molecular formula is C15H10ClN3OS. The first kappa shape index (κ1) is 13.8. The minimum Gasteiger partial charge on any atom is -0.437 e. The van der Waals surface area contributed by atoms with E-state index in [1.165, 1.54) is 11.2 Å². The summed E-state index contributed by atoms with van der Waals surface area (Å²) in [7, 11) is 0. The van der Waals surface area contributed by atoms with Crippen LogP contribution in [-0.2, 0) is 6.42 Å². The van der Waals surface area contributed by atoms with Crippen LogP contribution in [0.1, 0.15) is 17.4 Å². The van der Waals surface area contributed by atoms with Crippen LogP contribution in [0.2, 0.25) is 5.02 Å². The summed E-state index contributed by atoms with van der Waals surface area (Å²) in [5, 5.41) is 10.1. The standard InChI is InChI=1S/C15H10ClN3OS/c1-2-10-6-11-14(18-8-19-15(11)21-10)20-13-4-3-9(7-17)5-12(13)16/h3-6,8H,2H2,1H3. The Morgan fingerprint density at radius 2 is 2.19 bits per heavy atom. The van der Waals surface area contributed by atoms with E-state index in [1.54, 1.807) is 29.5 Å². The minimum atomic E-state index is 0.381. The molecule has 21 heavy (non-hydrogen) atoms. The van der Waals surface area contributed by atoms with E-state index in [-0.39, 0.29) is 0 Å². The van der Waals surface area contributed by atoms with Crippen LogP contribution < -0.4 is 4.74 Å². The molecule has 0 radical (unpaired) electrons. The van der Waals surface area contributed by atoms with Gasteiger partial charge in [-0.25, -0.2) is 9.97 Å². The van der Waals surface area contributed by atoms with Crippen LogP contribution in [0.5, 0.6) is 11.6 Å². The number of hydrogen-bond acceptors (Lipinski definition) is 5. The number of thiophene rings is 1. The summed E-state index contributed by atoms with van der Waals surface area (Å²) in [6.07, 6.45) is 2.42. The molecule has 0 saturated heterocycles. The third-order valence-electron chi connectivity index (χ3n) is 2.96. The van der Waals surface area contributed by atoms with Gasteiger partial charge in [0.25, 0.3) is 0 Å².